The van der Waals surface area contributed by atoms with Gasteiger partial charge >= 0.3 is 6.18 Å². The van der Waals surface area contributed by atoms with E-state index < -0.39 is 11.7 Å². The Morgan fingerprint density at radius 1 is 1.25 bits per heavy atom. The Kier molecular flexibility index (Phi) is 4.38. The number of halogens is 3. The fourth-order valence-corrected chi connectivity index (χ4v) is 2.47. The van der Waals surface area contributed by atoms with Gasteiger partial charge in [0, 0.05) is 18.8 Å². The van der Waals surface area contributed by atoms with Crippen LogP contribution in [0.5, 0.6) is 0 Å². The van der Waals surface area contributed by atoms with E-state index in [1.54, 1.807) is 6.08 Å². The first kappa shape index (κ1) is 14.9. The van der Waals surface area contributed by atoms with Crippen LogP contribution < -0.4 is 5.73 Å². The van der Waals surface area contributed by atoms with Gasteiger partial charge in [-0.3, -0.25) is 0 Å². The lowest BCUT2D eigenvalue weighted by Crippen LogP contribution is -2.30. The van der Waals surface area contributed by atoms with Crippen LogP contribution in [-0.4, -0.2) is 24.5 Å². The SMILES string of the molecule is CCN1CCC(=Cc2ccc(N)cc2C(F)(F)F)CC1. The first-order valence-corrected chi connectivity index (χ1v) is 6.78. The molecule has 0 bridgehead atoms. The van der Waals surface area contributed by atoms with Crippen LogP contribution in [0, 0.1) is 0 Å². The molecule has 0 aliphatic carbocycles. The topological polar surface area (TPSA) is 29.3 Å². The summed E-state index contributed by atoms with van der Waals surface area (Å²) >= 11 is 0. The van der Waals surface area contributed by atoms with Crippen LogP contribution in [0.3, 0.4) is 0 Å². The maximum Gasteiger partial charge on any atom is 0.417 e. The summed E-state index contributed by atoms with van der Waals surface area (Å²) < 4.78 is 39.0. The monoisotopic (exact) mass is 284 g/mol. The molecule has 20 heavy (non-hydrogen) atoms. The summed E-state index contributed by atoms with van der Waals surface area (Å²) in [5.74, 6) is 0. The van der Waals surface area contributed by atoms with Crippen molar-refractivity contribution in [2.75, 3.05) is 25.4 Å². The second kappa shape index (κ2) is 5.87. The van der Waals surface area contributed by atoms with Gasteiger partial charge in [-0.25, -0.2) is 0 Å². The molecule has 0 spiro atoms. The normalized spacial score (nSPS) is 17.3. The van der Waals surface area contributed by atoms with Gasteiger partial charge in [-0.2, -0.15) is 13.2 Å². The number of piperidine rings is 1. The minimum Gasteiger partial charge on any atom is -0.399 e. The molecule has 0 radical (unpaired) electrons. The molecule has 2 rings (SSSR count). The summed E-state index contributed by atoms with van der Waals surface area (Å²) in [7, 11) is 0. The zero-order valence-corrected chi connectivity index (χ0v) is 11.5. The molecule has 1 fully saturated rings. The molecule has 1 aromatic carbocycles. The van der Waals surface area contributed by atoms with E-state index in [0.29, 0.717) is 0 Å². The van der Waals surface area contributed by atoms with Crippen LogP contribution in [0.15, 0.2) is 23.8 Å². The van der Waals surface area contributed by atoms with Crippen molar-refractivity contribution in [1.29, 1.82) is 0 Å². The minimum absolute atomic E-state index is 0.139. The third-order valence-corrected chi connectivity index (χ3v) is 3.69. The first-order chi connectivity index (χ1) is 9.40. The summed E-state index contributed by atoms with van der Waals surface area (Å²) in [6.07, 6.45) is -1.04. The molecule has 1 heterocycles. The summed E-state index contributed by atoms with van der Waals surface area (Å²) in [5, 5.41) is 0. The van der Waals surface area contributed by atoms with Crippen LogP contribution in [0.4, 0.5) is 18.9 Å². The van der Waals surface area contributed by atoms with Gasteiger partial charge in [0.05, 0.1) is 5.56 Å². The molecule has 0 aromatic heterocycles. The van der Waals surface area contributed by atoms with Crippen molar-refractivity contribution in [3.8, 4) is 0 Å². The third kappa shape index (κ3) is 3.54. The maximum atomic E-state index is 13.0. The van der Waals surface area contributed by atoms with E-state index in [1.165, 1.54) is 12.1 Å². The van der Waals surface area contributed by atoms with Gasteiger partial charge in [0.1, 0.15) is 0 Å². The van der Waals surface area contributed by atoms with Crippen LogP contribution in [0.2, 0.25) is 0 Å². The van der Waals surface area contributed by atoms with Gasteiger partial charge in [-0.1, -0.05) is 24.6 Å². The van der Waals surface area contributed by atoms with Crippen molar-refractivity contribution < 1.29 is 13.2 Å². The number of anilines is 1. The third-order valence-electron chi connectivity index (χ3n) is 3.69. The lowest BCUT2D eigenvalue weighted by Gasteiger charge is -2.27. The minimum atomic E-state index is -4.37. The average molecular weight is 284 g/mol. The van der Waals surface area contributed by atoms with E-state index in [1.807, 2.05) is 0 Å². The van der Waals surface area contributed by atoms with E-state index in [4.69, 9.17) is 5.73 Å². The van der Waals surface area contributed by atoms with Crippen LogP contribution in [-0.2, 0) is 6.18 Å². The summed E-state index contributed by atoms with van der Waals surface area (Å²) in [5.41, 5.74) is 6.24. The number of alkyl halides is 3. The molecule has 1 saturated heterocycles. The molecule has 2 N–H and O–H groups in total. The molecule has 2 nitrogen and oxygen atoms in total. The van der Waals surface area contributed by atoms with Crippen molar-refractivity contribution in [1.82, 2.24) is 4.90 Å². The van der Waals surface area contributed by atoms with Gasteiger partial charge in [0.2, 0.25) is 0 Å². The highest BCUT2D eigenvalue weighted by Crippen LogP contribution is 2.35. The number of hydrogen-bond donors (Lipinski definition) is 1. The van der Waals surface area contributed by atoms with E-state index in [9.17, 15) is 13.2 Å². The van der Waals surface area contributed by atoms with Gasteiger partial charge in [0.25, 0.3) is 0 Å². The standard InChI is InChI=1S/C15H19F3N2/c1-2-20-7-5-11(6-8-20)9-12-3-4-13(19)10-14(12)15(16,17)18/h3-4,9-10H,2,5-8,19H2,1H3. The highest BCUT2D eigenvalue weighted by molar-refractivity contribution is 5.61. The molecule has 1 aliphatic rings. The number of nitrogen functional groups attached to an aromatic ring is 1. The van der Waals surface area contributed by atoms with Gasteiger partial charge in [-0.05, 0) is 37.1 Å². The van der Waals surface area contributed by atoms with Crippen molar-refractivity contribution in [3.63, 3.8) is 0 Å². The molecular weight excluding hydrogens is 265 g/mol. The van der Waals surface area contributed by atoms with Gasteiger partial charge in [-0.15, -0.1) is 0 Å². The van der Waals surface area contributed by atoms with E-state index in [2.05, 4.69) is 11.8 Å². The molecular formula is C15H19F3N2. The maximum absolute atomic E-state index is 13.0. The summed E-state index contributed by atoms with van der Waals surface area (Å²) in [4.78, 5) is 2.30. The Morgan fingerprint density at radius 3 is 2.45 bits per heavy atom. The van der Waals surface area contributed by atoms with Crippen LogP contribution >= 0.6 is 0 Å². The predicted molar refractivity (Wildman–Crippen MR) is 75.2 cm³/mol. The van der Waals surface area contributed by atoms with E-state index >= 15 is 0 Å². The number of benzene rings is 1. The number of rotatable bonds is 2. The highest BCUT2D eigenvalue weighted by atomic mass is 19.4. The number of nitrogens with two attached hydrogens (primary N) is 1. The van der Waals surface area contributed by atoms with Gasteiger partial charge in [0.15, 0.2) is 0 Å². The predicted octanol–water partition coefficient (Wildman–Crippen LogP) is 3.79. The Hall–Kier alpha value is -1.49. The van der Waals surface area contributed by atoms with Crippen molar-refractivity contribution in [2.24, 2.45) is 0 Å². The molecule has 1 aromatic rings. The summed E-state index contributed by atoms with van der Waals surface area (Å²) in [6, 6.07) is 3.98. The smallest absolute Gasteiger partial charge is 0.399 e. The Morgan fingerprint density at radius 2 is 1.90 bits per heavy atom. The summed E-state index contributed by atoms with van der Waals surface area (Å²) in [6.45, 7) is 4.91. The molecule has 1 aliphatic heterocycles. The fraction of sp³-hybridized carbons (Fsp3) is 0.467. The van der Waals surface area contributed by atoms with E-state index in [0.717, 1.165) is 44.1 Å². The van der Waals surface area contributed by atoms with Gasteiger partial charge < -0.3 is 10.6 Å². The fourth-order valence-electron chi connectivity index (χ4n) is 2.47. The largest absolute Gasteiger partial charge is 0.417 e. The van der Waals surface area contributed by atoms with Crippen molar-refractivity contribution >= 4 is 11.8 Å². The second-order valence-corrected chi connectivity index (χ2v) is 5.08. The molecule has 0 amide bonds. The second-order valence-electron chi connectivity index (χ2n) is 5.08. The highest BCUT2D eigenvalue weighted by Gasteiger charge is 2.33. The lowest BCUT2D eigenvalue weighted by atomic mass is 9.98. The van der Waals surface area contributed by atoms with Crippen LogP contribution in [0.25, 0.3) is 6.08 Å². The average Bonchev–Trinajstić information content (AvgIpc) is 2.40. The lowest BCUT2D eigenvalue weighted by molar-refractivity contribution is -0.137. The molecule has 110 valence electrons. The van der Waals surface area contributed by atoms with Crippen molar-refractivity contribution in [3.05, 3.63) is 34.9 Å². The van der Waals surface area contributed by atoms with E-state index in [-0.39, 0.29) is 11.3 Å². The van der Waals surface area contributed by atoms with Crippen LogP contribution in [0.1, 0.15) is 30.9 Å². The first-order valence-electron chi connectivity index (χ1n) is 6.78. The van der Waals surface area contributed by atoms with Crippen molar-refractivity contribution in [2.45, 2.75) is 25.9 Å². The number of nitrogens with zero attached hydrogens (tertiary/aromatic N) is 1. The molecule has 5 heteroatoms. The zero-order valence-electron chi connectivity index (χ0n) is 11.5. The quantitative estimate of drug-likeness (QED) is 0.837. The Bertz CT molecular complexity index is 496. The molecule has 0 atom stereocenters. The molecule has 0 saturated carbocycles. The number of likely N-dealkylation sites (tertiary alicyclic amines) is 1. The Balaban J connectivity index is 2.25. The molecule has 0 unspecified atom stereocenters. The zero-order chi connectivity index (χ0) is 14.8. The number of hydrogen-bond acceptors (Lipinski definition) is 2. The Labute approximate surface area is 117 Å².